The topological polar surface area (TPSA) is 87.2 Å². The Bertz CT molecular complexity index is 1420. The third-order valence-electron chi connectivity index (χ3n) is 7.57. The first kappa shape index (κ1) is 21.7. The summed E-state index contributed by atoms with van der Waals surface area (Å²) in [5.74, 6) is -1.26. The van der Waals surface area contributed by atoms with E-state index in [-0.39, 0.29) is 18.1 Å². The van der Waals surface area contributed by atoms with E-state index in [1.807, 2.05) is 48.5 Å². The fourth-order valence-electron chi connectivity index (χ4n) is 5.69. The molecule has 0 bridgehead atoms. The lowest BCUT2D eigenvalue weighted by Crippen LogP contribution is -2.33. The number of carboxylic acid groups (broad SMARTS) is 1. The minimum Gasteiger partial charge on any atom is -0.478 e. The molecular weight excluding hydrogens is 468 g/mol. The number of hydrogen-bond donors (Lipinski definition) is 1. The molecule has 3 aromatic carbocycles. The van der Waals surface area contributed by atoms with Crippen molar-refractivity contribution in [2.75, 3.05) is 23.0 Å². The summed E-state index contributed by atoms with van der Waals surface area (Å²) in [6.45, 7) is 2.61. The minimum atomic E-state index is -1.15. The van der Waals surface area contributed by atoms with Crippen molar-refractivity contribution in [2.45, 2.75) is 24.2 Å². The highest BCUT2D eigenvalue weighted by molar-refractivity contribution is 6.30. The monoisotopic (exact) mass is 488 g/mol. The fraction of sp³-hybridized carbons (Fsp3) is 0.222. The van der Waals surface area contributed by atoms with E-state index in [1.54, 1.807) is 11.0 Å². The Morgan fingerprint density at radius 2 is 1.74 bits per heavy atom. The molecule has 2 heterocycles. The zero-order valence-corrected chi connectivity index (χ0v) is 19.6. The van der Waals surface area contributed by atoms with Gasteiger partial charge >= 0.3 is 12.1 Å². The summed E-state index contributed by atoms with van der Waals surface area (Å²) in [6, 6.07) is 19.8. The molecule has 35 heavy (non-hydrogen) atoms. The molecule has 0 radical (unpaired) electrons. The fourth-order valence-corrected chi connectivity index (χ4v) is 5.82. The average Bonchev–Trinajstić information content (AvgIpc) is 3.13. The Kier molecular flexibility index (Phi) is 4.54. The third-order valence-corrected chi connectivity index (χ3v) is 7.82. The first-order valence-corrected chi connectivity index (χ1v) is 11.7. The van der Waals surface area contributed by atoms with Gasteiger partial charge in [-0.2, -0.15) is 0 Å². The minimum absolute atomic E-state index is 0.0142. The molecule has 1 aliphatic carbocycles. The lowest BCUT2D eigenvalue weighted by atomic mass is 9.83. The molecular formula is C27H21ClN2O5. The summed E-state index contributed by atoms with van der Waals surface area (Å²) in [5.41, 5.74) is 2.20. The van der Waals surface area contributed by atoms with Crippen molar-refractivity contribution in [1.82, 2.24) is 0 Å². The summed E-state index contributed by atoms with van der Waals surface area (Å²) < 4.78 is 5.04. The maximum atomic E-state index is 14.2. The van der Waals surface area contributed by atoms with Gasteiger partial charge < -0.3 is 9.84 Å². The van der Waals surface area contributed by atoms with Crippen molar-refractivity contribution in [3.8, 4) is 0 Å². The third kappa shape index (κ3) is 2.94. The van der Waals surface area contributed by atoms with Crippen molar-refractivity contribution < 1.29 is 24.2 Å². The molecule has 1 saturated heterocycles. The van der Waals surface area contributed by atoms with Crippen LogP contribution in [-0.4, -0.2) is 36.2 Å². The van der Waals surface area contributed by atoms with E-state index in [2.05, 4.69) is 6.92 Å². The Labute approximate surface area is 206 Å². The predicted molar refractivity (Wildman–Crippen MR) is 131 cm³/mol. The largest absolute Gasteiger partial charge is 0.478 e. The number of carbonyl (C=O) groups is 3. The lowest BCUT2D eigenvalue weighted by Gasteiger charge is -2.23. The smallest absolute Gasteiger partial charge is 0.414 e. The van der Waals surface area contributed by atoms with Gasteiger partial charge in [-0.3, -0.25) is 14.6 Å². The molecule has 2 fully saturated rings. The average molecular weight is 489 g/mol. The van der Waals surface area contributed by atoms with Crippen LogP contribution >= 0.6 is 11.6 Å². The van der Waals surface area contributed by atoms with Crippen LogP contribution in [0.25, 0.3) is 0 Å². The van der Waals surface area contributed by atoms with E-state index in [0.717, 1.165) is 11.1 Å². The number of carboxylic acids is 1. The number of halogens is 1. The molecule has 1 spiro atoms. The molecule has 0 aromatic heterocycles. The molecule has 176 valence electrons. The van der Waals surface area contributed by atoms with Gasteiger partial charge in [0.1, 0.15) is 6.61 Å². The Morgan fingerprint density at radius 3 is 2.43 bits per heavy atom. The number of hydrogen-bond acceptors (Lipinski definition) is 4. The number of amides is 2. The Hall–Kier alpha value is -3.84. The first-order valence-electron chi connectivity index (χ1n) is 11.3. The van der Waals surface area contributed by atoms with Crippen molar-refractivity contribution >= 4 is 46.6 Å². The van der Waals surface area contributed by atoms with Crippen LogP contribution in [0.4, 0.5) is 21.9 Å². The molecule has 3 aliphatic rings. The second kappa shape index (κ2) is 7.33. The standard InChI is InChI=1S/C27H21ClN2O5/c1-26(17-6-8-18(28)9-7-17)15-27(26)21-4-2-3-5-22(21)30(24(27)33)20-13-16(23(31)32)12-19(14-20)29-10-11-35-25(29)34/h2-9,12-14H,10-11,15H2,1H3,(H,31,32)/t26-,27-/m1/s1. The van der Waals surface area contributed by atoms with Crippen LogP contribution in [0.3, 0.4) is 0 Å². The summed E-state index contributed by atoms with van der Waals surface area (Å²) in [6.07, 6.45) is 0.0818. The van der Waals surface area contributed by atoms with Crippen LogP contribution in [0.1, 0.15) is 34.8 Å². The van der Waals surface area contributed by atoms with Gasteiger partial charge in [0.05, 0.1) is 34.6 Å². The molecule has 2 amide bonds. The lowest BCUT2D eigenvalue weighted by molar-refractivity contribution is -0.120. The summed E-state index contributed by atoms with van der Waals surface area (Å²) >= 11 is 6.11. The van der Waals surface area contributed by atoms with Crippen LogP contribution in [0, 0.1) is 0 Å². The summed E-state index contributed by atoms with van der Waals surface area (Å²) in [4.78, 5) is 41.3. The SMILES string of the molecule is C[C@]1(c2ccc(Cl)cc2)C[C@@]12C(=O)N(c1cc(C(=O)O)cc(N3CCOC3=O)c1)c1ccccc12. The number of cyclic esters (lactones) is 1. The zero-order chi connectivity index (χ0) is 24.5. The predicted octanol–water partition coefficient (Wildman–Crippen LogP) is 5.27. The number of fused-ring (bicyclic) bond motifs is 2. The van der Waals surface area contributed by atoms with E-state index in [4.69, 9.17) is 16.3 Å². The zero-order valence-electron chi connectivity index (χ0n) is 18.8. The molecule has 1 saturated carbocycles. The van der Waals surface area contributed by atoms with Gasteiger partial charge in [-0.1, -0.05) is 48.9 Å². The Balaban J connectivity index is 1.50. The highest BCUT2D eigenvalue weighted by Crippen LogP contribution is 2.71. The van der Waals surface area contributed by atoms with Gasteiger partial charge in [-0.05, 0) is 53.9 Å². The molecule has 2 aliphatic heterocycles. The van der Waals surface area contributed by atoms with Crippen molar-refractivity contribution in [3.05, 3.63) is 88.4 Å². The molecule has 0 unspecified atom stereocenters. The van der Waals surface area contributed by atoms with Crippen LogP contribution in [0.15, 0.2) is 66.7 Å². The van der Waals surface area contributed by atoms with Gasteiger partial charge in [0, 0.05) is 10.4 Å². The van der Waals surface area contributed by atoms with Gasteiger partial charge in [-0.15, -0.1) is 0 Å². The van der Waals surface area contributed by atoms with Crippen LogP contribution in [-0.2, 0) is 20.4 Å². The number of rotatable bonds is 4. The quantitative estimate of drug-likeness (QED) is 0.540. The van der Waals surface area contributed by atoms with Crippen molar-refractivity contribution in [1.29, 1.82) is 0 Å². The summed E-state index contributed by atoms with van der Waals surface area (Å²) in [5, 5.41) is 10.4. The second-order valence-electron chi connectivity index (χ2n) is 9.39. The molecule has 1 N–H and O–H groups in total. The number of nitrogens with zero attached hydrogens (tertiary/aromatic N) is 2. The number of anilines is 3. The van der Waals surface area contributed by atoms with E-state index in [9.17, 15) is 19.5 Å². The normalized spacial score (nSPS) is 24.6. The van der Waals surface area contributed by atoms with E-state index < -0.39 is 22.9 Å². The van der Waals surface area contributed by atoms with Crippen LogP contribution in [0.2, 0.25) is 5.02 Å². The van der Waals surface area contributed by atoms with E-state index in [1.165, 1.54) is 17.0 Å². The number of ether oxygens (including phenoxy) is 1. The van der Waals surface area contributed by atoms with Gasteiger partial charge in [0.2, 0.25) is 5.91 Å². The number of para-hydroxylation sites is 1. The van der Waals surface area contributed by atoms with Gasteiger partial charge in [-0.25, -0.2) is 9.59 Å². The maximum Gasteiger partial charge on any atom is 0.414 e. The first-order chi connectivity index (χ1) is 16.8. The molecule has 7 nitrogen and oxygen atoms in total. The van der Waals surface area contributed by atoms with Crippen molar-refractivity contribution in [3.63, 3.8) is 0 Å². The number of carbonyl (C=O) groups excluding carboxylic acids is 2. The van der Waals surface area contributed by atoms with Crippen LogP contribution < -0.4 is 9.80 Å². The van der Waals surface area contributed by atoms with Crippen LogP contribution in [0.5, 0.6) is 0 Å². The maximum absolute atomic E-state index is 14.2. The molecule has 8 heteroatoms. The van der Waals surface area contributed by atoms with Crippen molar-refractivity contribution in [2.24, 2.45) is 0 Å². The second-order valence-corrected chi connectivity index (χ2v) is 9.82. The number of aromatic carboxylic acids is 1. The van der Waals surface area contributed by atoms with Gasteiger partial charge in [0.15, 0.2) is 0 Å². The Morgan fingerprint density at radius 1 is 1.03 bits per heavy atom. The number of benzene rings is 3. The molecule has 6 rings (SSSR count). The molecule has 3 aromatic rings. The summed E-state index contributed by atoms with van der Waals surface area (Å²) in [7, 11) is 0. The highest BCUT2D eigenvalue weighted by atomic mass is 35.5. The van der Waals surface area contributed by atoms with E-state index >= 15 is 0 Å². The van der Waals surface area contributed by atoms with E-state index in [0.29, 0.717) is 35.1 Å². The van der Waals surface area contributed by atoms with Gasteiger partial charge in [0.25, 0.3) is 0 Å². The highest BCUT2D eigenvalue weighted by Gasteiger charge is 2.74. The molecule has 2 atom stereocenters.